The molecule has 0 aliphatic heterocycles. The standard InChI is InChI=1S/C14H18N2O5/c1-3-21-14(19)12(8-9-13(17)18)16-15-10-4-6-11(20-2)7-5-10/h4-7,15H,3,8-9H2,1-2H3,(H,17,18). The van der Waals surface area contributed by atoms with E-state index in [9.17, 15) is 9.59 Å². The van der Waals surface area contributed by atoms with Gasteiger partial charge < -0.3 is 14.6 Å². The second-order valence-corrected chi connectivity index (χ2v) is 4.01. The van der Waals surface area contributed by atoms with Gasteiger partial charge in [-0.2, -0.15) is 5.10 Å². The van der Waals surface area contributed by atoms with Crippen LogP contribution < -0.4 is 10.2 Å². The van der Waals surface area contributed by atoms with Gasteiger partial charge in [-0.3, -0.25) is 10.2 Å². The number of esters is 1. The van der Waals surface area contributed by atoms with Gasteiger partial charge in [0, 0.05) is 6.42 Å². The second-order valence-electron chi connectivity index (χ2n) is 4.01. The van der Waals surface area contributed by atoms with Crippen LogP contribution in [-0.4, -0.2) is 36.5 Å². The summed E-state index contributed by atoms with van der Waals surface area (Å²) in [7, 11) is 1.56. The van der Waals surface area contributed by atoms with E-state index in [4.69, 9.17) is 14.6 Å². The summed E-state index contributed by atoms with van der Waals surface area (Å²) in [4.78, 5) is 22.3. The normalized spacial score (nSPS) is 10.9. The number of benzene rings is 1. The van der Waals surface area contributed by atoms with Crippen molar-refractivity contribution in [2.75, 3.05) is 19.1 Å². The highest BCUT2D eigenvalue weighted by Gasteiger charge is 2.14. The van der Waals surface area contributed by atoms with Crippen LogP contribution in [0.25, 0.3) is 0 Å². The van der Waals surface area contributed by atoms with Gasteiger partial charge in [-0.15, -0.1) is 0 Å². The van der Waals surface area contributed by atoms with Crippen molar-refractivity contribution in [3.63, 3.8) is 0 Å². The maximum absolute atomic E-state index is 11.7. The van der Waals surface area contributed by atoms with Crippen LogP contribution >= 0.6 is 0 Å². The number of nitrogens with one attached hydrogen (secondary N) is 1. The zero-order valence-electron chi connectivity index (χ0n) is 12.0. The fraction of sp³-hybridized carbons (Fsp3) is 0.357. The molecule has 21 heavy (non-hydrogen) atoms. The van der Waals surface area contributed by atoms with Crippen LogP contribution in [0.2, 0.25) is 0 Å². The van der Waals surface area contributed by atoms with Gasteiger partial charge in [0.25, 0.3) is 0 Å². The lowest BCUT2D eigenvalue weighted by atomic mass is 10.2. The van der Waals surface area contributed by atoms with E-state index < -0.39 is 11.9 Å². The van der Waals surface area contributed by atoms with Gasteiger partial charge in [-0.05, 0) is 31.2 Å². The van der Waals surface area contributed by atoms with Crippen molar-refractivity contribution in [2.24, 2.45) is 5.10 Å². The molecule has 0 saturated carbocycles. The average molecular weight is 294 g/mol. The van der Waals surface area contributed by atoms with E-state index in [1.54, 1.807) is 38.3 Å². The van der Waals surface area contributed by atoms with Crippen molar-refractivity contribution in [3.8, 4) is 5.75 Å². The number of hydrazone groups is 1. The highest BCUT2D eigenvalue weighted by Crippen LogP contribution is 2.15. The molecule has 0 amide bonds. The molecule has 2 N–H and O–H groups in total. The van der Waals surface area contributed by atoms with E-state index in [-0.39, 0.29) is 25.2 Å². The number of carbonyl (C=O) groups is 2. The Kier molecular flexibility index (Phi) is 6.73. The Morgan fingerprint density at radius 3 is 2.43 bits per heavy atom. The van der Waals surface area contributed by atoms with Crippen LogP contribution in [0.5, 0.6) is 5.75 Å². The summed E-state index contributed by atoms with van der Waals surface area (Å²) in [5, 5.41) is 12.6. The Balaban J connectivity index is 2.75. The van der Waals surface area contributed by atoms with Crippen LogP contribution in [0.3, 0.4) is 0 Å². The van der Waals surface area contributed by atoms with Crippen LogP contribution in [0, 0.1) is 0 Å². The molecule has 0 aliphatic rings. The molecule has 1 aromatic carbocycles. The van der Waals surface area contributed by atoms with Crippen molar-refractivity contribution in [2.45, 2.75) is 19.8 Å². The number of ether oxygens (including phenoxy) is 2. The van der Waals surface area contributed by atoms with E-state index in [1.807, 2.05) is 0 Å². The molecule has 7 nitrogen and oxygen atoms in total. The van der Waals surface area contributed by atoms with Gasteiger partial charge in [-0.1, -0.05) is 0 Å². The first-order valence-electron chi connectivity index (χ1n) is 6.42. The topological polar surface area (TPSA) is 97.2 Å². The quantitative estimate of drug-likeness (QED) is 0.432. The average Bonchev–Trinajstić information content (AvgIpc) is 2.47. The third-order valence-electron chi connectivity index (χ3n) is 2.50. The van der Waals surface area contributed by atoms with E-state index in [1.165, 1.54) is 0 Å². The molecular weight excluding hydrogens is 276 g/mol. The predicted octanol–water partition coefficient (Wildman–Crippen LogP) is 1.89. The molecule has 0 aromatic heterocycles. The summed E-state index contributed by atoms with van der Waals surface area (Å²) in [6.45, 7) is 1.87. The number of hydrogen-bond acceptors (Lipinski definition) is 6. The Hall–Kier alpha value is -2.57. The molecule has 0 unspecified atom stereocenters. The SMILES string of the molecule is CCOC(=O)C(CCC(=O)O)=NNc1ccc(OC)cc1. The summed E-state index contributed by atoms with van der Waals surface area (Å²) in [5.41, 5.74) is 3.38. The van der Waals surface area contributed by atoms with E-state index in [0.29, 0.717) is 11.4 Å². The van der Waals surface area contributed by atoms with Gasteiger partial charge in [-0.25, -0.2) is 4.79 Å². The molecule has 0 saturated heterocycles. The summed E-state index contributed by atoms with van der Waals surface area (Å²) >= 11 is 0. The minimum Gasteiger partial charge on any atom is -0.497 e. The molecule has 1 aromatic rings. The monoisotopic (exact) mass is 294 g/mol. The molecular formula is C14H18N2O5. The Bertz CT molecular complexity index is 511. The molecule has 0 aliphatic carbocycles. The lowest BCUT2D eigenvalue weighted by molar-refractivity contribution is -0.136. The van der Waals surface area contributed by atoms with Crippen LogP contribution in [0.1, 0.15) is 19.8 Å². The van der Waals surface area contributed by atoms with Gasteiger partial charge in [0.15, 0.2) is 0 Å². The van der Waals surface area contributed by atoms with E-state index in [0.717, 1.165) is 0 Å². The van der Waals surface area contributed by atoms with E-state index in [2.05, 4.69) is 10.5 Å². The third-order valence-corrected chi connectivity index (χ3v) is 2.50. The highest BCUT2D eigenvalue weighted by atomic mass is 16.5. The van der Waals surface area contributed by atoms with Gasteiger partial charge in [0.1, 0.15) is 11.5 Å². The first-order valence-corrected chi connectivity index (χ1v) is 6.42. The van der Waals surface area contributed by atoms with Crippen molar-refractivity contribution < 1.29 is 24.2 Å². The largest absolute Gasteiger partial charge is 0.497 e. The van der Waals surface area contributed by atoms with E-state index >= 15 is 0 Å². The van der Waals surface area contributed by atoms with Crippen molar-refractivity contribution in [1.29, 1.82) is 0 Å². The number of hydrogen-bond donors (Lipinski definition) is 2. The lowest BCUT2D eigenvalue weighted by Gasteiger charge is -2.07. The lowest BCUT2D eigenvalue weighted by Crippen LogP contribution is -2.20. The summed E-state index contributed by atoms with van der Waals surface area (Å²) in [6.07, 6.45) is -0.195. The van der Waals surface area contributed by atoms with Crippen LogP contribution in [0.15, 0.2) is 29.4 Å². The molecule has 0 radical (unpaired) electrons. The fourth-order valence-electron chi connectivity index (χ4n) is 1.44. The number of aliphatic carboxylic acids is 1. The Labute approximate surface area is 122 Å². The smallest absolute Gasteiger partial charge is 0.354 e. The Morgan fingerprint density at radius 2 is 1.90 bits per heavy atom. The molecule has 0 atom stereocenters. The molecule has 114 valence electrons. The maximum atomic E-state index is 11.7. The molecule has 0 heterocycles. The number of rotatable bonds is 8. The van der Waals surface area contributed by atoms with Crippen molar-refractivity contribution in [3.05, 3.63) is 24.3 Å². The number of carboxylic acids is 1. The minimum atomic E-state index is -1.00. The fourth-order valence-corrected chi connectivity index (χ4v) is 1.44. The molecule has 0 spiro atoms. The molecule has 1 rings (SSSR count). The first kappa shape index (κ1) is 16.5. The van der Waals surface area contributed by atoms with Gasteiger partial charge >= 0.3 is 11.9 Å². The number of methoxy groups -OCH3 is 1. The zero-order valence-corrected chi connectivity index (χ0v) is 12.0. The Morgan fingerprint density at radius 1 is 1.24 bits per heavy atom. The van der Waals surface area contributed by atoms with Crippen LogP contribution in [-0.2, 0) is 14.3 Å². The van der Waals surface area contributed by atoms with Crippen LogP contribution in [0.4, 0.5) is 5.69 Å². The second kappa shape index (κ2) is 8.57. The van der Waals surface area contributed by atoms with Gasteiger partial charge in [0.2, 0.25) is 0 Å². The summed E-state index contributed by atoms with van der Waals surface area (Å²) in [6, 6.07) is 6.92. The number of carbonyl (C=O) groups excluding carboxylic acids is 1. The first-order chi connectivity index (χ1) is 10.1. The van der Waals surface area contributed by atoms with Crippen molar-refractivity contribution >= 4 is 23.3 Å². The zero-order chi connectivity index (χ0) is 15.7. The summed E-state index contributed by atoms with van der Waals surface area (Å²) < 4.78 is 9.87. The maximum Gasteiger partial charge on any atom is 0.354 e. The third kappa shape index (κ3) is 5.94. The number of carboxylic acid groups (broad SMARTS) is 1. The predicted molar refractivity (Wildman–Crippen MR) is 77.6 cm³/mol. The molecule has 0 fully saturated rings. The van der Waals surface area contributed by atoms with Gasteiger partial charge in [0.05, 0.1) is 25.8 Å². The minimum absolute atomic E-state index is 0.00266. The highest BCUT2D eigenvalue weighted by molar-refractivity contribution is 6.36. The molecule has 7 heteroatoms. The number of nitrogens with zero attached hydrogens (tertiary/aromatic N) is 1. The van der Waals surface area contributed by atoms with Crippen molar-refractivity contribution in [1.82, 2.24) is 0 Å². The summed E-state index contributed by atoms with van der Waals surface area (Å²) in [5.74, 6) is -0.933. The molecule has 0 bridgehead atoms. The number of anilines is 1.